The van der Waals surface area contributed by atoms with Crippen molar-refractivity contribution >= 4 is 17.9 Å². The fraction of sp³-hybridized carbons (Fsp3) is 0.712. The van der Waals surface area contributed by atoms with Gasteiger partial charge in [0.25, 0.3) is 0 Å². The van der Waals surface area contributed by atoms with Crippen LogP contribution in [0, 0.1) is 0 Å². The zero-order valence-electron chi connectivity index (χ0n) is 43.8. The maximum atomic E-state index is 12.8. The summed E-state index contributed by atoms with van der Waals surface area (Å²) in [5.74, 6) is -1.53. The van der Waals surface area contributed by atoms with Crippen LogP contribution in [0.15, 0.2) is 85.1 Å². The molecule has 67 heavy (non-hydrogen) atoms. The second kappa shape index (κ2) is 48.9. The van der Waals surface area contributed by atoms with Crippen molar-refractivity contribution in [1.29, 1.82) is 0 Å². The van der Waals surface area contributed by atoms with E-state index >= 15 is 0 Å². The van der Waals surface area contributed by atoms with E-state index in [1.165, 1.54) is 109 Å². The van der Waals surface area contributed by atoms with E-state index in [9.17, 15) is 19.5 Å². The highest BCUT2D eigenvalue weighted by Gasteiger charge is 2.31. The lowest BCUT2D eigenvalue weighted by Gasteiger charge is -2.31. The van der Waals surface area contributed by atoms with Crippen LogP contribution in [0.3, 0.4) is 0 Å². The number of carboxylic acids is 1. The van der Waals surface area contributed by atoms with E-state index in [-0.39, 0.29) is 36.2 Å². The largest absolute Gasteiger partial charge is 0.477 e. The van der Waals surface area contributed by atoms with Gasteiger partial charge in [0.15, 0.2) is 12.1 Å². The predicted octanol–water partition coefficient (Wildman–Crippen LogP) is 16.0. The topological polar surface area (TPSA) is 99.1 Å². The van der Waals surface area contributed by atoms with Gasteiger partial charge in [0.1, 0.15) is 6.61 Å². The van der Waals surface area contributed by atoms with Gasteiger partial charge in [-0.2, -0.15) is 0 Å². The molecule has 0 aromatic rings. The van der Waals surface area contributed by atoms with Gasteiger partial charge in [0.05, 0.1) is 34.4 Å². The summed E-state index contributed by atoms with van der Waals surface area (Å²) >= 11 is 0. The number of nitrogens with zero attached hydrogens (tertiary/aromatic N) is 1. The Kier molecular flexibility index (Phi) is 46.4. The number of esters is 2. The normalized spacial score (nSPS) is 13.5. The molecule has 0 heterocycles. The molecular weight excluding hydrogens is 835 g/mol. The van der Waals surface area contributed by atoms with Gasteiger partial charge in [-0.1, -0.05) is 195 Å². The van der Waals surface area contributed by atoms with Gasteiger partial charge in [0, 0.05) is 19.3 Å². The number of unbranched alkanes of at least 4 members (excludes halogenated alkanes) is 20. The zero-order chi connectivity index (χ0) is 49.2. The number of rotatable bonds is 48. The predicted molar refractivity (Wildman–Crippen MR) is 284 cm³/mol. The molecule has 0 aliphatic rings. The summed E-state index contributed by atoms with van der Waals surface area (Å²) in [5.41, 5.74) is 0. The van der Waals surface area contributed by atoms with Crippen molar-refractivity contribution in [1.82, 2.24) is 0 Å². The number of quaternary nitrogens is 1. The van der Waals surface area contributed by atoms with Crippen LogP contribution in [0.2, 0.25) is 0 Å². The number of hydrogen-bond donors (Lipinski definition) is 1. The lowest BCUT2D eigenvalue weighted by atomic mass is 10.0. The molecule has 0 bridgehead atoms. The second-order valence-corrected chi connectivity index (χ2v) is 19.1. The van der Waals surface area contributed by atoms with Gasteiger partial charge in [-0.3, -0.25) is 9.59 Å². The maximum Gasteiger partial charge on any atom is 0.362 e. The van der Waals surface area contributed by atoms with E-state index in [4.69, 9.17) is 14.2 Å². The fourth-order valence-electron chi connectivity index (χ4n) is 7.62. The number of hydrogen-bond acceptors (Lipinski definition) is 6. The third-order valence-corrected chi connectivity index (χ3v) is 11.8. The van der Waals surface area contributed by atoms with E-state index in [1.54, 1.807) is 0 Å². The molecule has 8 nitrogen and oxygen atoms in total. The van der Waals surface area contributed by atoms with Crippen LogP contribution in [-0.2, 0) is 28.6 Å². The molecule has 2 atom stereocenters. The van der Waals surface area contributed by atoms with Crippen molar-refractivity contribution in [3.05, 3.63) is 85.1 Å². The summed E-state index contributed by atoms with van der Waals surface area (Å²) in [4.78, 5) is 37.2. The minimum absolute atomic E-state index is 0.0414. The number of carbonyl (C=O) groups is 3. The Hall–Kier alpha value is -3.49. The monoisotopic (exact) mass is 937 g/mol. The molecule has 8 heteroatoms. The quantitative estimate of drug-likeness (QED) is 0.0281. The van der Waals surface area contributed by atoms with Crippen molar-refractivity contribution in [3.8, 4) is 0 Å². The number of carbonyl (C=O) groups excluding carboxylic acids is 2. The first-order valence-electron chi connectivity index (χ1n) is 27.1. The highest BCUT2D eigenvalue weighted by atomic mass is 16.6. The summed E-state index contributed by atoms with van der Waals surface area (Å²) in [6, 6.07) is -0.627. The molecule has 2 unspecified atom stereocenters. The lowest BCUT2D eigenvalue weighted by Crippen LogP contribution is -2.50. The average Bonchev–Trinajstić information content (AvgIpc) is 3.29. The van der Waals surface area contributed by atoms with Gasteiger partial charge < -0.3 is 23.8 Å². The van der Waals surface area contributed by atoms with Crippen molar-refractivity contribution in [2.45, 2.75) is 231 Å². The first-order valence-corrected chi connectivity index (χ1v) is 27.1. The molecular formula is C59H102NO7+. The van der Waals surface area contributed by atoms with Crippen LogP contribution in [0.5, 0.6) is 0 Å². The molecule has 0 aromatic carbocycles. The van der Waals surface area contributed by atoms with Gasteiger partial charge >= 0.3 is 17.9 Å². The minimum atomic E-state index is -0.883. The summed E-state index contributed by atoms with van der Waals surface area (Å²) in [5, 5.41) is 9.67. The molecule has 0 radical (unpaired) electrons. The van der Waals surface area contributed by atoms with Crippen molar-refractivity contribution < 1.29 is 38.2 Å². The van der Waals surface area contributed by atoms with Crippen molar-refractivity contribution in [3.63, 3.8) is 0 Å². The number of likely N-dealkylation sites (N-methyl/N-ethyl adjacent to an activating group) is 1. The van der Waals surface area contributed by atoms with Crippen molar-refractivity contribution in [2.24, 2.45) is 0 Å². The summed E-state index contributed by atoms with van der Waals surface area (Å²) in [6.45, 7) is 4.59. The van der Waals surface area contributed by atoms with Crippen LogP contribution >= 0.6 is 0 Å². The molecule has 0 spiro atoms. The number of carboxylic acid groups (broad SMARTS) is 1. The Morgan fingerprint density at radius 1 is 0.463 bits per heavy atom. The standard InChI is InChI=1S/C59H101NO7/c1-6-8-10-12-14-16-18-20-22-24-26-28-30-32-34-36-38-40-42-44-46-48-50-58(62)67-55(53-65-52-51-56(59(63)64)60(3,4)5)54-66-57(61)49-47-45-43-41-39-37-35-33-31-29-27-25-23-21-19-17-15-13-11-9-7-2/h9,11,15,17,21,23,27,29-30,32-33,35,39,41,55-56H,6-8,10,12-14,16,18-20,22,24-26,28,31,34,36-38,40,42-54H2,1-5H3/p+1/b11-9+,17-15+,23-21+,29-27+,32-30+,35-33+,41-39+. The highest BCUT2D eigenvalue weighted by molar-refractivity contribution is 5.72. The fourth-order valence-corrected chi connectivity index (χ4v) is 7.62. The molecule has 0 amide bonds. The number of allylic oxidation sites excluding steroid dienone is 14. The molecule has 0 aliphatic heterocycles. The van der Waals surface area contributed by atoms with Crippen LogP contribution in [0.4, 0.5) is 0 Å². The Morgan fingerprint density at radius 3 is 1.28 bits per heavy atom. The van der Waals surface area contributed by atoms with Crippen molar-refractivity contribution in [2.75, 3.05) is 41.0 Å². The Labute approximate surface area is 412 Å². The Bertz CT molecular complexity index is 1370. The van der Waals surface area contributed by atoms with Gasteiger partial charge in [-0.15, -0.1) is 0 Å². The first-order chi connectivity index (χ1) is 32.6. The Balaban J connectivity index is 4.31. The van der Waals surface area contributed by atoms with E-state index in [0.717, 1.165) is 70.6 Å². The van der Waals surface area contributed by atoms with E-state index in [2.05, 4.69) is 98.9 Å². The van der Waals surface area contributed by atoms with E-state index < -0.39 is 18.1 Å². The Morgan fingerprint density at radius 2 is 0.836 bits per heavy atom. The van der Waals surface area contributed by atoms with E-state index in [1.807, 2.05) is 21.1 Å². The first kappa shape index (κ1) is 63.5. The van der Waals surface area contributed by atoms with Crippen LogP contribution in [0.25, 0.3) is 0 Å². The summed E-state index contributed by atoms with van der Waals surface area (Å²) in [7, 11) is 5.52. The molecule has 0 aliphatic carbocycles. The third kappa shape index (κ3) is 47.4. The minimum Gasteiger partial charge on any atom is -0.477 e. The molecule has 1 N–H and O–H groups in total. The lowest BCUT2D eigenvalue weighted by molar-refractivity contribution is -0.887. The zero-order valence-corrected chi connectivity index (χ0v) is 43.8. The molecule has 0 aromatic heterocycles. The summed E-state index contributed by atoms with van der Waals surface area (Å²) < 4.78 is 17.3. The van der Waals surface area contributed by atoms with Crippen LogP contribution < -0.4 is 0 Å². The number of ether oxygens (including phenoxy) is 3. The SMILES string of the molecule is CC/C=C/C/C=C/C/C=C/C/C=C/C/C=C/C/C=C/CCCCC(=O)OCC(COCCC(C(=O)O)[N+](C)(C)C)OC(=O)CCCCCCCCC/C=C/CCCCCCCCCCCCC. The smallest absolute Gasteiger partial charge is 0.362 e. The number of aliphatic carboxylic acids is 1. The van der Waals surface area contributed by atoms with Crippen LogP contribution in [0.1, 0.15) is 219 Å². The molecule has 0 rings (SSSR count). The molecule has 384 valence electrons. The maximum absolute atomic E-state index is 12.8. The molecule has 0 saturated carbocycles. The summed E-state index contributed by atoms with van der Waals surface area (Å²) in [6.07, 6.45) is 65.0. The van der Waals surface area contributed by atoms with Gasteiger partial charge in [0.2, 0.25) is 0 Å². The molecule has 0 fully saturated rings. The van der Waals surface area contributed by atoms with E-state index in [0.29, 0.717) is 25.7 Å². The average molecular weight is 937 g/mol. The second-order valence-electron chi connectivity index (χ2n) is 19.1. The van der Waals surface area contributed by atoms with Crippen LogP contribution in [-0.4, -0.2) is 80.6 Å². The molecule has 0 saturated heterocycles. The highest BCUT2D eigenvalue weighted by Crippen LogP contribution is 2.15. The van der Waals surface area contributed by atoms with Gasteiger partial charge in [-0.25, -0.2) is 4.79 Å². The van der Waals surface area contributed by atoms with Gasteiger partial charge in [-0.05, 0) is 89.9 Å². The third-order valence-electron chi connectivity index (χ3n) is 11.8.